The molecule has 0 aliphatic carbocycles. The van der Waals surface area contributed by atoms with E-state index in [1.807, 2.05) is 12.1 Å². The minimum Gasteiger partial charge on any atom is -0.424 e. The summed E-state index contributed by atoms with van der Waals surface area (Å²) in [4.78, 5) is 27.6. The molecule has 0 saturated carbocycles. The summed E-state index contributed by atoms with van der Waals surface area (Å²) in [7, 11) is 0. The lowest BCUT2D eigenvalue weighted by Crippen LogP contribution is -2.01. The van der Waals surface area contributed by atoms with Gasteiger partial charge in [-0.1, -0.05) is 0 Å². The first kappa shape index (κ1) is 19.1. The molecule has 0 bridgehead atoms. The van der Waals surface area contributed by atoms with Crippen LogP contribution in [0.25, 0.3) is 28.2 Å². The van der Waals surface area contributed by atoms with Gasteiger partial charge < -0.3 is 10.5 Å². The van der Waals surface area contributed by atoms with Crippen molar-refractivity contribution in [1.82, 2.24) is 24.3 Å². The van der Waals surface area contributed by atoms with Crippen molar-refractivity contribution in [3.05, 3.63) is 89.4 Å². The summed E-state index contributed by atoms with van der Waals surface area (Å²) in [6.45, 7) is 0. The van der Waals surface area contributed by atoms with E-state index in [4.69, 9.17) is 15.5 Å². The first-order chi connectivity index (χ1) is 15.6. The molecule has 156 valence electrons. The molecule has 0 spiro atoms. The number of benzene rings is 2. The lowest BCUT2D eigenvalue weighted by Gasteiger charge is -2.09. The van der Waals surface area contributed by atoms with Crippen LogP contribution < -0.4 is 10.5 Å². The highest BCUT2D eigenvalue weighted by Gasteiger charge is 2.19. The van der Waals surface area contributed by atoms with Crippen LogP contribution in [0.1, 0.15) is 0 Å². The van der Waals surface area contributed by atoms with Crippen molar-refractivity contribution in [1.29, 1.82) is 0 Å². The fourth-order valence-corrected chi connectivity index (χ4v) is 3.35. The van der Waals surface area contributed by atoms with Gasteiger partial charge >= 0.3 is 6.01 Å². The number of nitrogens with two attached hydrogens (primary N) is 1. The van der Waals surface area contributed by atoms with E-state index in [2.05, 4.69) is 15.0 Å². The molecule has 3 heterocycles. The minimum atomic E-state index is -0.439. The third kappa shape index (κ3) is 3.45. The average Bonchev–Trinajstić information content (AvgIpc) is 3.21. The number of non-ortho nitro benzene ring substituents is 1. The molecule has 0 amide bonds. The Morgan fingerprint density at radius 1 is 0.875 bits per heavy atom. The number of nitro benzene ring substituents is 1. The van der Waals surface area contributed by atoms with Gasteiger partial charge in [0.25, 0.3) is 5.69 Å². The topological polar surface area (TPSA) is 134 Å². The number of hydrogen-bond donors (Lipinski definition) is 1. The smallest absolute Gasteiger partial charge is 0.321 e. The first-order valence-corrected chi connectivity index (χ1v) is 9.53. The highest BCUT2D eigenvalue weighted by atomic mass is 16.6. The lowest BCUT2D eigenvalue weighted by atomic mass is 10.0. The van der Waals surface area contributed by atoms with Crippen LogP contribution in [0.3, 0.4) is 0 Å². The summed E-state index contributed by atoms with van der Waals surface area (Å²) < 4.78 is 7.41. The van der Waals surface area contributed by atoms with E-state index in [0.29, 0.717) is 28.3 Å². The van der Waals surface area contributed by atoms with Gasteiger partial charge in [0.15, 0.2) is 0 Å². The molecule has 32 heavy (non-hydrogen) atoms. The zero-order valence-corrected chi connectivity index (χ0v) is 16.5. The molecule has 0 atom stereocenters. The molecule has 0 aliphatic rings. The molecule has 3 aromatic heterocycles. The van der Waals surface area contributed by atoms with Crippen LogP contribution in [-0.2, 0) is 0 Å². The first-order valence-electron chi connectivity index (χ1n) is 9.53. The van der Waals surface area contributed by atoms with Crippen molar-refractivity contribution < 1.29 is 9.66 Å². The Morgan fingerprint density at radius 3 is 2.25 bits per heavy atom. The summed E-state index contributed by atoms with van der Waals surface area (Å²) in [5.74, 6) is 0.841. The summed E-state index contributed by atoms with van der Waals surface area (Å²) in [5, 5.41) is 11.0. The van der Waals surface area contributed by atoms with Gasteiger partial charge in [-0.2, -0.15) is 0 Å². The number of imidazole rings is 1. The minimum absolute atomic E-state index is 0.00452. The Kier molecular flexibility index (Phi) is 4.64. The van der Waals surface area contributed by atoms with Gasteiger partial charge in [0.2, 0.25) is 5.95 Å². The number of nitrogens with zero attached hydrogens (tertiary/aromatic N) is 6. The Bertz CT molecular complexity index is 1420. The summed E-state index contributed by atoms with van der Waals surface area (Å²) in [6, 6.07) is 17.2. The van der Waals surface area contributed by atoms with Gasteiger partial charge in [0, 0.05) is 41.9 Å². The molecular weight excluding hydrogens is 410 g/mol. The van der Waals surface area contributed by atoms with E-state index in [0.717, 1.165) is 5.56 Å². The predicted molar refractivity (Wildman–Crippen MR) is 117 cm³/mol. The van der Waals surface area contributed by atoms with Crippen LogP contribution in [0.4, 0.5) is 11.6 Å². The van der Waals surface area contributed by atoms with E-state index in [9.17, 15) is 10.1 Å². The second kappa shape index (κ2) is 7.76. The maximum atomic E-state index is 11.0. The number of fused-ring (bicyclic) bond motifs is 1. The van der Waals surface area contributed by atoms with Gasteiger partial charge in [0.05, 0.1) is 16.3 Å². The lowest BCUT2D eigenvalue weighted by molar-refractivity contribution is -0.384. The summed E-state index contributed by atoms with van der Waals surface area (Å²) >= 11 is 0. The van der Waals surface area contributed by atoms with Gasteiger partial charge in [-0.3, -0.25) is 14.5 Å². The van der Waals surface area contributed by atoms with Crippen LogP contribution in [-0.4, -0.2) is 29.3 Å². The Labute approximate surface area is 181 Å². The normalized spacial score (nSPS) is 10.9. The van der Waals surface area contributed by atoms with Gasteiger partial charge in [0.1, 0.15) is 11.4 Å². The van der Waals surface area contributed by atoms with Crippen molar-refractivity contribution in [2.75, 3.05) is 5.73 Å². The third-order valence-corrected chi connectivity index (χ3v) is 4.79. The highest BCUT2D eigenvalue weighted by Crippen LogP contribution is 2.35. The molecule has 0 radical (unpaired) electrons. The third-order valence-electron chi connectivity index (χ3n) is 4.79. The Balaban J connectivity index is 1.61. The SMILES string of the molecule is Nc1nccc2nc(-c3ccc([N+](=O)[O-])cc3)c(-c3ccc(Oc4ncccn4)cc3)n12. The Morgan fingerprint density at radius 2 is 1.56 bits per heavy atom. The van der Waals surface area contributed by atoms with Crippen LogP contribution in [0.5, 0.6) is 11.8 Å². The van der Waals surface area contributed by atoms with Gasteiger partial charge in [-0.15, -0.1) is 0 Å². The molecule has 0 fully saturated rings. The van der Waals surface area contributed by atoms with E-state index in [1.54, 1.807) is 59.4 Å². The fourth-order valence-electron chi connectivity index (χ4n) is 3.35. The quantitative estimate of drug-likeness (QED) is 0.328. The molecule has 0 saturated heterocycles. The van der Waals surface area contributed by atoms with Crippen LogP contribution in [0.2, 0.25) is 0 Å². The van der Waals surface area contributed by atoms with Crippen LogP contribution >= 0.6 is 0 Å². The summed E-state index contributed by atoms with van der Waals surface area (Å²) in [6.07, 6.45) is 4.78. The molecule has 10 nitrogen and oxygen atoms in total. The number of nitrogen functional groups attached to an aromatic ring is 1. The van der Waals surface area contributed by atoms with Crippen molar-refractivity contribution in [3.8, 4) is 34.3 Å². The fraction of sp³-hybridized carbons (Fsp3) is 0. The maximum Gasteiger partial charge on any atom is 0.321 e. The van der Waals surface area contributed by atoms with Crippen molar-refractivity contribution in [2.45, 2.75) is 0 Å². The number of ether oxygens (including phenoxy) is 1. The van der Waals surface area contributed by atoms with E-state index < -0.39 is 4.92 Å². The van der Waals surface area contributed by atoms with Crippen molar-refractivity contribution in [3.63, 3.8) is 0 Å². The molecule has 5 rings (SSSR count). The molecule has 5 aromatic rings. The molecule has 10 heteroatoms. The largest absolute Gasteiger partial charge is 0.424 e. The zero-order chi connectivity index (χ0) is 22.1. The molecule has 0 aliphatic heterocycles. The number of hydrogen-bond acceptors (Lipinski definition) is 8. The maximum absolute atomic E-state index is 11.0. The molecule has 2 N–H and O–H groups in total. The monoisotopic (exact) mass is 425 g/mol. The van der Waals surface area contributed by atoms with Crippen molar-refractivity contribution >= 4 is 17.3 Å². The number of rotatable bonds is 5. The number of anilines is 1. The summed E-state index contributed by atoms with van der Waals surface area (Å²) in [5.41, 5.74) is 9.64. The van der Waals surface area contributed by atoms with E-state index in [1.165, 1.54) is 12.1 Å². The standard InChI is InChI=1S/C22H15N7O3/c23-21-24-13-10-18-27-19(14-2-6-16(7-3-14)29(30)31)20(28(18)21)15-4-8-17(9-5-15)32-22-25-11-1-12-26-22/h1-13H,(H2,23,24). The zero-order valence-electron chi connectivity index (χ0n) is 16.5. The van der Waals surface area contributed by atoms with Crippen LogP contribution in [0, 0.1) is 10.1 Å². The van der Waals surface area contributed by atoms with E-state index >= 15 is 0 Å². The second-order valence-corrected chi connectivity index (χ2v) is 6.77. The Hall–Kier alpha value is -4.86. The second-order valence-electron chi connectivity index (χ2n) is 6.77. The molecule has 2 aromatic carbocycles. The van der Waals surface area contributed by atoms with Gasteiger partial charge in [-0.25, -0.2) is 19.9 Å². The van der Waals surface area contributed by atoms with E-state index in [-0.39, 0.29) is 17.6 Å². The van der Waals surface area contributed by atoms with Crippen molar-refractivity contribution in [2.24, 2.45) is 0 Å². The highest BCUT2D eigenvalue weighted by molar-refractivity contribution is 5.83. The molecular formula is C22H15N7O3. The number of aromatic nitrogens is 5. The van der Waals surface area contributed by atoms with Gasteiger partial charge in [-0.05, 0) is 48.5 Å². The molecule has 0 unspecified atom stereocenters. The number of nitro groups is 1. The van der Waals surface area contributed by atoms with Crippen LogP contribution in [0.15, 0.2) is 79.3 Å². The predicted octanol–water partition coefficient (Wildman–Crippen LogP) is 4.14. The average molecular weight is 425 g/mol.